The average Bonchev–Trinajstić information content (AvgIpc) is 2.85. The third kappa shape index (κ3) is 28.3. The maximum Gasteiger partial charge on any atom is 0.407 e. The predicted octanol–water partition coefficient (Wildman–Crippen LogP) is 6.95. The van der Waals surface area contributed by atoms with Gasteiger partial charge in [-0.15, -0.1) is 0 Å². The molecule has 1 amide bonds. The van der Waals surface area contributed by atoms with Crippen LogP contribution in [-0.2, 0) is 18.5 Å². The highest BCUT2D eigenvalue weighted by atomic mass is 31.2. The number of quaternary nitrogens is 1. The molecule has 0 saturated heterocycles. The molecule has 0 spiro atoms. The van der Waals surface area contributed by atoms with E-state index in [9.17, 15) is 9.69 Å². The summed E-state index contributed by atoms with van der Waals surface area (Å²) >= 11 is 0. The van der Waals surface area contributed by atoms with Crippen LogP contribution in [0, 0.1) is 0 Å². The van der Waals surface area contributed by atoms with Crippen molar-refractivity contribution in [3.8, 4) is 0 Å². The predicted molar refractivity (Wildman–Crippen MR) is 154 cm³/mol. The van der Waals surface area contributed by atoms with Gasteiger partial charge in [0.2, 0.25) is 0 Å². The number of nitrogens with zero attached hydrogens (tertiary/aromatic N) is 1. The lowest BCUT2D eigenvalue weighted by atomic mass is 10.0. The minimum atomic E-state index is -2.01. The summed E-state index contributed by atoms with van der Waals surface area (Å²) in [7, 11) is 5.64. The van der Waals surface area contributed by atoms with E-state index in [1.54, 1.807) is 0 Å². The second kappa shape index (κ2) is 25.8. The van der Waals surface area contributed by atoms with Crippen molar-refractivity contribution >= 4 is 14.7 Å². The van der Waals surface area contributed by atoms with Gasteiger partial charge in [-0.1, -0.05) is 103 Å². The van der Waals surface area contributed by atoms with Gasteiger partial charge in [-0.3, -0.25) is 0 Å². The minimum Gasteiger partial charge on any atom is -0.441 e. The molecule has 0 heterocycles. The van der Waals surface area contributed by atoms with Gasteiger partial charge >= 0.3 is 14.7 Å². The Morgan fingerprint density at radius 2 is 1.24 bits per heavy atom. The number of rotatable bonds is 27. The lowest BCUT2D eigenvalue weighted by Gasteiger charge is -2.24. The van der Waals surface area contributed by atoms with Gasteiger partial charge in [0, 0.05) is 13.7 Å². The summed E-state index contributed by atoms with van der Waals surface area (Å²) in [6, 6.07) is 0. The van der Waals surface area contributed by atoms with Gasteiger partial charge < -0.3 is 33.2 Å². The first kappa shape index (κ1) is 36.5. The molecule has 222 valence electrons. The number of carbonyl (C=O) groups is 1. The topological polar surface area (TPSA) is 86.2 Å². The fraction of sp³-hybridized carbons (Fsp3) is 0.964. The Kier molecular flexibility index (Phi) is 25.4. The molecule has 2 atom stereocenters. The van der Waals surface area contributed by atoms with Gasteiger partial charge in [-0.25, -0.2) is 4.79 Å². The summed E-state index contributed by atoms with van der Waals surface area (Å²) in [5, 5.41) is 2.43. The molecular weight excluding hydrogens is 491 g/mol. The molecule has 0 radical (unpaired) electrons. The van der Waals surface area contributed by atoms with Crippen LogP contribution < -0.4 is 5.32 Å². The third-order valence-electron chi connectivity index (χ3n) is 6.26. The maximum atomic E-state index is 11.6. The van der Waals surface area contributed by atoms with Crippen LogP contribution in [0.4, 0.5) is 4.79 Å². The lowest BCUT2D eigenvalue weighted by Crippen LogP contribution is -2.37. The lowest BCUT2D eigenvalue weighted by molar-refractivity contribution is -0.870. The first-order valence-corrected chi connectivity index (χ1v) is 15.9. The van der Waals surface area contributed by atoms with E-state index in [4.69, 9.17) is 18.5 Å². The number of unbranched alkanes of at least 4 members (excludes halogenated alkanes) is 15. The number of hydrogen-bond donors (Lipinski definition) is 2. The number of nitrogens with one attached hydrogen (secondary N) is 1. The quantitative estimate of drug-likeness (QED) is 0.0653. The van der Waals surface area contributed by atoms with Gasteiger partial charge in [0.15, 0.2) is 6.10 Å². The van der Waals surface area contributed by atoms with Crippen molar-refractivity contribution in [3.05, 3.63) is 0 Å². The van der Waals surface area contributed by atoms with E-state index in [0.717, 1.165) is 23.9 Å². The van der Waals surface area contributed by atoms with Crippen molar-refractivity contribution < 1.29 is 32.7 Å². The second-order valence-electron chi connectivity index (χ2n) is 11.0. The number of ether oxygens (including phenoxy) is 2. The number of hydrogen-bond acceptors (Lipinski definition) is 6. The van der Waals surface area contributed by atoms with Gasteiger partial charge in [0.1, 0.15) is 13.2 Å². The molecule has 9 heteroatoms. The van der Waals surface area contributed by atoms with E-state index in [2.05, 4.69) is 12.2 Å². The Morgan fingerprint density at radius 3 is 1.70 bits per heavy atom. The molecule has 0 aromatic heterocycles. The van der Waals surface area contributed by atoms with E-state index in [0.29, 0.717) is 13.2 Å². The number of amides is 1. The van der Waals surface area contributed by atoms with Crippen LogP contribution >= 0.6 is 8.60 Å². The molecule has 0 fully saturated rings. The monoisotopic (exact) mass is 551 g/mol. The zero-order chi connectivity index (χ0) is 27.6. The van der Waals surface area contributed by atoms with Crippen molar-refractivity contribution in [2.45, 2.75) is 116 Å². The molecule has 8 nitrogen and oxygen atoms in total. The Morgan fingerprint density at radius 1 is 0.757 bits per heavy atom. The van der Waals surface area contributed by atoms with E-state index >= 15 is 0 Å². The third-order valence-corrected chi connectivity index (χ3v) is 7.03. The van der Waals surface area contributed by atoms with Crippen LogP contribution in [0.3, 0.4) is 0 Å². The first-order valence-electron chi connectivity index (χ1n) is 14.8. The zero-order valence-electron chi connectivity index (χ0n) is 24.8. The number of alkyl carbamates (subject to hydrolysis) is 1. The fourth-order valence-corrected chi connectivity index (χ4v) is 4.48. The Bertz CT molecular complexity index is 508. The summed E-state index contributed by atoms with van der Waals surface area (Å²) in [5.74, 6) is 0. The zero-order valence-corrected chi connectivity index (χ0v) is 25.7. The summed E-state index contributed by atoms with van der Waals surface area (Å²) in [6.07, 6.45) is 20.2. The molecule has 0 aliphatic carbocycles. The molecule has 0 aliphatic heterocycles. The van der Waals surface area contributed by atoms with Crippen LogP contribution in [0.15, 0.2) is 0 Å². The minimum absolute atomic E-state index is 0.0267. The average molecular weight is 552 g/mol. The Labute approximate surface area is 229 Å². The van der Waals surface area contributed by atoms with Crippen LogP contribution in [0.1, 0.15) is 110 Å². The SMILES string of the molecule is CCCCCCCCCCCCCCCCCCOCC(COP(O)OCC[N+](C)(C)C)OC(=O)NC. The van der Waals surface area contributed by atoms with Crippen molar-refractivity contribution in [1.82, 2.24) is 5.32 Å². The van der Waals surface area contributed by atoms with Crippen molar-refractivity contribution in [3.63, 3.8) is 0 Å². The molecule has 0 saturated carbocycles. The van der Waals surface area contributed by atoms with Gasteiger partial charge in [-0.2, -0.15) is 0 Å². The van der Waals surface area contributed by atoms with Crippen LogP contribution in [-0.4, -0.2) is 82.7 Å². The fourth-order valence-electron chi connectivity index (χ4n) is 3.87. The van der Waals surface area contributed by atoms with Crippen molar-refractivity contribution in [1.29, 1.82) is 0 Å². The summed E-state index contributed by atoms with van der Waals surface area (Å²) in [6.45, 7) is 4.30. The van der Waals surface area contributed by atoms with Gasteiger partial charge in [-0.05, 0) is 6.42 Å². The van der Waals surface area contributed by atoms with Crippen molar-refractivity contribution in [2.24, 2.45) is 0 Å². The molecular formula is C28H60N2O6P+. The Hall–Kier alpha value is -0.500. The van der Waals surface area contributed by atoms with E-state index in [1.807, 2.05) is 21.1 Å². The highest BCUT2D eigenvalue weighted by Gasteiger charge is 2.18. The summed E-state index contributed by atoms with van der Waals surface area (Å²) in [5.41, 5.74) is 0. The van der Waals surface area contributed by atoms with E-state index in [-0.39, 0.29) is 13.2 Å². The molecule has 0 aromatic carbocycles. The largest absolute Gasteiger partial charge is 0.441 e. The van der Waals surface area contributed by atoms with Crippen LogP contribution in [0.25, 0.3) is 0 Å². The summed E-state index contributed by atoms with van der Waals surface area (Å²) < 4.78 is 22.4. The summed E-state index contributed by atoms with van der Waals surface area (Å²) in [4.78, 5) is 21.5. The molecule has 2 unspecified atom stereocenters. The molecule has 0 rings (SSSR count). The van der Waals surface area contributed by atoms with E-state index in [1.165, 1.54) is 96.9 Å². The standard InChI is InChI=1S/C28H59N2O6P/c1-6-7-8-9-10-11-12-13-14-15-16-17-18-19-20-21-23-33-25-27(36-28(31)29-2)26-35-37(32)34-24-22-30(3,4)5/h27,32H,6-26H2,1-5H3/p+1. The second-order valence-corrected chi connectivity index (χ2v) is 12.0. The molecule has 0 bridgehead atoms. The Balaban J connectivity index is 3.68. The van der Waals surface area contributed by atoms with Crippen LogP contribution in [0.2, 0.25) is 0 Å². The highest BCUT2D eigenvalue weighted by Crippen LogP contribution is 2.32. The smallest absolute Gasteiger partial charge is 0.407 e. The van der Waals surface area contributed by atoms with Gasteiger partial charge in [0.05, 0.1) is 34.4 Å². The first-order chi connectivity index (χ1) is 17.8. The van der Waals surface area contributed by atoms with Crippen molar-refractivity contribution in [2.75, 3.05) is 61.2 Å². The van der Waals surface area contributed by atoms with E-state index < -0.39 is 20.8 Å². The molecule has 0 aromatic rings. The molecule has 37 heavy (non-hydrogen) atoms. The van der Waals surface area contributed by atoms with Gasteiger partial charge in [0.25, 0.3) is 0 Å². The normalized spacial score (nSPS) is 13.5. The number of carbonyl (C=O) groups excluding carboxylic acids is 1. The molecule has 0 aliphatic rings. The molecule has 2 N–H and O–H groups in total. The van der Waals surface area contributed by atoms with Crippen LogP contribution in [0.5, 0.6) is 0 Å². The number of likely N-dealkylation sites (N-methyl/N-ethyl adjacent to an activating group) is 1. The highest BCUT2D eigenvalue weighted by molar-refractivity contribution is 7.40. The maximum absolute atomic E-state index is 11.6.